The normalized spacial score (nSPS) is 12.2. The first-order chi connectivity index (χ1) is 10.3. The Morgan fingerprint density at radius 2 is 2.00 bits per heavy atom. The van der Waals surface area contributed by atoms with E-state index in [4.69, 9.17) is 5.11 Å². The molecule has 1 heterocycles. The van der Waals surface area contributed by atoms with E-state index in [0.717, 1.165) is 5.69 Å². The summed E-state index contributed by atoms with van der Waals surface area (Å²) >= 11 is 0. The maximum Gasteiger partial charge on any atom is 0.326 e. The Morgan fingerprint density at radius 1 is 1.32 bits per heavy atom. The fourth-order valence-corrected chi connectivity index (χ4v) is 2.27. The fourth-order valence-electron chi connectivity index (χ4n) is 2.27. The van der Waals surface area contributed by atoms with Gasteiger partial charge in [0.2, 0.25) is 5.91 Å². The van der Waals surface area contributed by atoms with Crippen LogP contribution in [0.3, 0.4) is 0 Å². The third kappa shape index (κ3) is 5.71. The Morgan fingerprint density at radius 3 is 2.55 bits per heavy atom. The van der Waals surface area contributed by atoms with Crippen LogP contribution in [0.2, 0.25) is 0 Å². The zero-order chi connectivity index (χ0) is 16.7. The second-order valence-corrected chi connectivity index (χ2v) is 5.85. The van der Waals surface area contributed by atoms with Crippen molar-refractivity contribution in [3.8, 4) is 0 Å². The standard InChI is InChI=1S/C16H24N2O4/c1-11(2)10-13(16(21)22)17-14(19)7-5-9-18-12(3)6-4-8-15(18)20/h4,6,8,11,13H,5,7,9-10H2,1-3H3,(H,17,19)(H,21,22). The minimum atomic E-state index is -1.02. The first-order valence-electron chi connectivity index (χ1n) is 7.50. The molecule has 22 heavy (non-hydrogen) atoms. The molecule has 0 aliphatic heterocycles. The summed E-state index contributed by atoms with van der Waals surface area (Å²) in [6, 6.07) is 4.17. The van der Waals surface area contributed by atoms with Gasteiger partial charge >= 0.3 is 5.97 Å². The van der Waals surface area contributed by atoms with E-state index >= 15 is 0 Å². The van der Waals surface area contributed by atoms with Gasteiger partial charge in [-0.25, -0.2) is 4.79 Å². The summed E-state index contributed by atoms with van der Waals surface area (Å²) in [7, 11) is 0. The van der Waals surface area contributed by atoms with Crippen molar-refractivity contribution in [1.29, 1.82) is 0 Å². The summed E-state index contributed by atoms with van der Waals surface area (Å²) in [4.78, 5) is 34.6. The van der Waals surface area contributed by atoms with Crippen molar-refractivity contribution in [3.63, 3.8) is 0 Å². The number of hydrogen-bond acceptors (Lipinski definition) is 3. The van der Waals surface area contributed by atoms with E-state index in [2.05, 4.69) is 5.32 Å². The van der Waals surface area contributed by atoms with Crippen LogP contribution in [0.4, 0.5) is 0 Å². The molecule has 0 aliphatic carbocycles. The van der Waals surface area contributed by atoms with Crippen molar-refractivity contribution in [2.75, 3.05) is 0 Å². The van der Waals surface area contributed by atoms with Crippen molar-refractivity contribution in [2.24, 2.45) is 5.92 Å². The zero-order valence-electron chi connectivity index (χ0n) is 13.3. The number of aryl methyl sites for hydroxylation is 1. The van der Waals surface area contributed by atoms with E-state index < -0.39 is 12.0 Å². The van der Waals surface area contributed by atoms with E-state index in [9.17, 15) is 14.4 Å². The number of aromatic nitrogens is 1. The highest BCUT2D eigenvalue weighted by Crippen LogP contribution is 2.06. The minimum absolute atomic E-state index is 0.0939. The van der Waals surface area contributed by atoms with Crippen LogP contribution in [-0.2, 0) is 16.1 Å². The Balaban J connectivity index is 2.49. The highest BCUT2D eigenvalue weighted by Gasteiger charge is 2.20. The number of amides is 1. The number of carboxylic acids is 1. The van der Waals surface area contributed by atoms with Crippen molar-refractivity contribution in [1.82, 2.24) is 9.88 Å². The second-order valence-electron chi connectivity index (χ2n) is 5.85. The van der Waals surface area contributed by atoms with Crippen molar-refractivity contribution in [2.45, 2.75) is 52.6 Å². The Labute approximate surface area is 130 Å². The minimum Gasteiger partial charge on any atom is -0.480 e. The van der Waals surface area contributed by atoms with Crippen LogP contribution in [0, 0.1) is 12.8 Å². The van der Waals surface area contributed by atoms with E-state index in [-0.39, 0.29) is 23.8 Å². The summed E-state index contributed by atoms with van der Waals surface area (Å²) in [5, 5.41) is 11.6. The highest BCUT2D eigenvalue weighted by molar-refractivity contribution is 5.83. The van der Waals surface area contributed by atoms with Crippen LogP contribution in [0.1, 0.15) is 38.8 Å². The third-order valence-corrected chi connectivity index (χ3v) is 3.39. The number of carbonyl (C=O) groups excluding carboxylic acids is 1. The predicted octanol–water partition coefficient (Wildman–Crippen LogP) is 1.55. The van der Waals surface area contributed by atoms with Gasteiger partial charge in [-0.1, -0.05) is 19.9 Å². The largest absolute Gasteiger partial charge is 0.480 e. The third-order valence-electron chi connectivity index (χ3n) is 3.39. The van der Waals surface area contributed by atoms with Crippen LogP contribution in [0.15, 0.2) is 23.0 Å². The monoisotopic (exact) mass is 308 g/mol. The van der Waals surface area contributed by atoms with Crippen LogP contribution in [0.5, 0.6) is 0 Å². The summed E-state index contributed by atoms with van der Waals surface area (Å²) in [5.74, 6) is -1.13. The van der Waals surface area contributed by atoms with E-state index in [0.29, 0.717) is 19.4 Å². The lowest BCUT2D eigenvalue weighted by molar-refractivity contribution is -0.142. The summed E-state index contributed by atoms with van der Waals surface area (Å²) in [6.07, 6.45) is 1.09. The molecular weight excluding hydrogens is 284 g/mol. The SMILES string of the molecule is Cc1cccc(=O)n1CCCC(=O)NC(CC(C)C)C(=O)O. The molecule has 0 aromatic carbocycles. The second kappa shape index (κ2) is 8.36. The number of aliphatic carboxylic acids is 1. The summed E-state index contributed by atoms with van der Waals surface area (Å²) < 4.78 is 1.61. The number of nitrogens with one attached hydrogen (secondary N) is 1. The van der Waals surface area contributed by atoms with Gasteiger partial charge in [-0.05, 0) is 31.7 Å². The molecule has 0 spiro atoms. The lowest BCUT2D eigenvalue weighted by atomic mass is 10.0. The van der Waals surface area contributed by atoms with Crippen LogP contribution in [0.25, 0.3) is 0 Å². The molecule has 122 valence electrons. The molecular formula is C16H24N2O4. The lowest BCUT2D eigenvalue weighted by Crippen LogP contribution is -2.41. The molecule has 0 saturated carbocycles. The summed E-state index contributed by atoms with van der Waals surface area (Å²) in [6.45, 7) is 6.10. The maximum atomic E-state index is 11.8. The molecule has 1 rings (SSSR count). The Bertz CT molecular complexity index is 578. The van der Waals surface area contributed by atoms with Crippen LogP contribution >= 0.6 is 0 Å². The van der Waals surface area contributed by atoms with Crippen LogP contribution < -0.4 is 10.9 Å². The Kier molecular flexibility index (Phi) is 6.82. The molecule has 1 aromatic rings. The van der Waals surface area contributed by atoms with Crippen molar-refractivity contribution < 1.29 is 14.7 Å². The van der Waals surface area contributed by atoms with E-state index in [1.54, 1.807) is 10.6 Å². The van der Waals surface area contributed by atoms with Gasteiger partial charge in [0, 0.05) is 24.7 Å². The van der Waals surface area contributed by atoms with Gasteiger partial charge in [-0.2, -0.15) is 0 Å². The average molecular weight is 308 g/mol. The molecule has 0 bridgehead atoms. The first-order valence-corrected chi connectivity index (χ1v) is 7.50. The Hall–Kier alpha value is -2.11. The first kappa shape index (κ1) is 17.9. The maximum absolute atomic E-state index is 11.8. The molecule has 2 N–H and O–H groups in total. The van der Waals surface area contributed by atoms with E-state index in [1.807, 2.05) is 26.8 Å². The molecule has 1 atom stereocenters. The smallest absolute Gasteiger partial charge is 0.326 e. The number of rotatable bonds is 8. The predicted molar refractivity (Wildman–Crippen MR) is 83.7 cm³/mol. The quantitative estimate of drug-likeness (QED) is 0.762. The molecule has 0 aliphatic rings. The molecule has 6 heteroatoms. The van der Waals surface area contributed by atoms with E-state index in [1.165, 1.54) is 6.07 Å². The highest BCUT2D eigenvalue weighted by atomic mass is 16.4. The molecule has 0 radical (unpaired) electrons. The number of pyridine rings is 1. The molecule has 1 unspecified atom stereocenters. The number of hydrogen-bond donors (Lipinski definition) is 2. The molecule has 0 saturated heterocycles. The molecule has 0 fully saturated rings. The molecule has 1 amide bonds. The molecule has 6 nitrogen and oxygen atoms in total. The average Bonchev–Trinajstić information content (AvgIpc) is 2.40. The van der Waals surface area contributed by atoms with Crippen molar-refractivity contribution >= 4 is 11.9 Å². The lowest BCUT2D eigenvalue weighted by Gasteiger charge is -2.16. The van der Waals surface area contributed by atoms with Gasteiger partial charge in [-0.15, -0.1) is 0 Å². The number of carboxylic acid groups (broad SMARTS) is 1. The number of carbonyl (C=O) groups is 2. The number of nitrogens with zero attached hydrogens (tertiary/aromatic N) is 1. The van der Waals surface area contributed by atoms with Crippen LogP contribution in [-0.4, -0.2) is 27.6 Å². The van der Waals surface area contributed by atoms with Gasteiger partial charge in [0.25, 0.3) is 5.56 Å². The summed E-state index contributed by atoms with van der Waals surface area (Å²) in [5.41, 5.74) is 0.750. The van der Waals surface area contributed by atoms with Gasteiger partial charge in [0.05, 0.1) is 0 Å². The van der Waals surface area contributed by atoms with Crippen molar-refractivity contribution in [3.05, 3.63) is 34.2 Å². The molecule has 1 aromatic heterocycles. The van der Waals surface area contributed by atoms with Gasteiger partial charge < -0.3 is 15.0 Å². The van der Waals surface area contributed by atoms with Gasteiger partial charge in [0.1, 0.15) is 6.04 Å². The zero-order valence-corrected chi connectivity index (χ0v) is 13.3. The van der Waals surface area contributed by atoms with Gasteiger partial charge in [0.15, 0.2) is 0 Å². The fraction of sp³-hybridized carbons (Fsp3) is 0.562. The topological polar surface area (TPSA) is 88.4 Å². The van der Waals surface area contributed by atoms with Gasteiger partial charge in [-0.3, -0.25) is 9.59 Å².